The lowest BCUT2D eigenvalue weighted by Crippen LogP contribution is -2.17. The Morgan fingerprint density at radius 1 is 0.852 bits per heavy atom. The van der Waals surface area contributed by atoms with Crippen LogP contribution in [0, 0.1) is 0 Å². The van der Waals surface area contributed by atoms with Gasteiger partial charge in [-0.15, -0.1) is 0 Å². The molecule has 0 aliphatic carbocycles. The summed E-state index contributed by atoms with van der Waals surface area (Å²) in [5.74, 6) is 1.00. The van der Waals surface area contributed by atoms with Gasteiger partial charge in [0.1, 0.15) is 5.82 Å². The van der Waals surface area contributed by atoms with Crippen LogP contribution in [0.25, 0.3) is 17.1 Å². The van der Waals surface area contributed by atoms with E-state index in [9.17, 15) is 0 Å². The van der Waals surface area contributed by atoms with Crippen LogP contribution in [0.5, 0.6) is 0 Å². The van der Waals surface area contributed by atoms with Gasteiger partial charge in [0.2, 0.25) is 0 Å². The maximum Gasteiger partial charge on any atom is 0.144 e. The van der Waals surface area contributed by atoms with Crippen molar-refractivity contribution in [3.63, 3.8) is 0 Å². The number of benzene rings is 2. The number of imidazole rings is 1. The highest BCUT2D eigenvalue weighted by molar-refractivity contribution is 5.64. The molecule has 0 aliphatic rings. The fourth-order valence-corrected chi connectivity index (χ4v) is 3.11. The summed E-state index contributed by atoms with van der Waals surface area (Å²) in [4.78, 5) is 4.63. The van der Waals surface area contributed by atoms with Gasteiger partial charge in [-0.25, -0.2) is 4.98 Å². The number of hydrogen-bond donors (Lipinski definition) is 0. The zero-order chi connectivity index (χ0) is 19.7. The minimum atomic E-state index is 0.129. The Bertz CT molecular complexity index is 798. The number of aromatic nitrogens is 2. The number of unbranched alkanes of at least 4 members (excludes halogenated alkanes) is 2. The Labute approximate surface area is 165 Å². The van der Waals surface area contributed by atoms with E-state index >= 15 is 0 Å². The minimum absolute atomic E-state index is 0.129. The number of hydrogen-bond acceptors (Lipinski definition) is 1. The van der Waals surface area contributed by atoms with Crippen molar-refractivity contribution in [1.29, 1.82) is 0 Å². The van der Waals surface area contributed by atoms with Crippen molar-refractivity contribution < 1.29 is 0 Å². The maximum atomic E-state index is 4.63. The molecule has 0 saturated heterocycles. The molecule has 0 radical (unpaired) electrons. The van der Waals surface area contributed by atoms with Gasteiger partial charge in [-0.1, -0.05) is 96.3 Å². The zero-order valence-corrected chi connectivity index (χ0v) is 17.6. The molecule has 2 aromatic carbocycles. The quantitative estimate of drug-likeness (QED) is 0.446. The largest absolute Gasteiger partial charge is 0.300 e. The summed E-state index contributed by atoms with van der Waals surface area (Å²) in [6, 6.07) is 19.0. The summed E-state index contributed by atoms with van der Waals surface area (Å²) >= 11 is 0. The Morgan fingerprint density at radius 3 is 2.07 bits per heavy atom. The first-order valence-electron chi connectivity index (χ1n) is 10.2. The van der Waals surface area contributed by atoms with Gasteiger partial charge >= 0.3 is 0 Å². The van der Waals surface area contributed by atoms with Gasteiger partial charge in [0.15, 0.2) is 0 Å². The van der Waals surface area contributed by atoms with Crippen LogP contribution < -0.4 is 0 Å². The van der Waals surface area contributed by atoms with Gasteiger partial charge in [0.25, 0.3) is 0 Å². The zero-order valence-electron chi connectivity index (χ0n) is 17.6. The molecule has 0 spiro atoms. The van der Waals surface area contributed by atoms with Crippen LogP contribution in [0.15, 0.2) is 67.0 Å². The summed E-state index contributed by atoms with van der Waals surface area (Å²) in [6.45, 7) is 11.2. The van der Waals surface area contributed by atoms with E-state index in [1.807, 2.05) is 18.5 Å². The van der Waals surface area contributed by atoms with E-state index in [1.54, 1.807) is 0 Å². The molecule has 144 valence electrons. The molecule has 3 rings (SSSR count). The summed E-state index contributed by atoms with van der Waals surface area (Å²) < 4.78 is 2.16. The normalized spacial score (nSPS) is 11.0. The van der Waals surface area contributed by atoms with E-state index in [2.05, 4.69) is 92.7 Å². The predicted molar refractivity (Wildman–Crippen MR) is 118 cm³/mol. The molecule has 3 aromatic rings. The maximum absolute atomic E-state index is 4.63. The molecule has 2 heteroatoms. The summed E-state index contributed by atoms with van der Waals surface area (Å²) in [7, 11) is 0. The molecule has 0 N–H and O–H groups in total. The molecule has 0 fully saturated rings. The monoisotopic (exact) mass is 362 g/mol. The average Bonchev–Trinajstić information content (AvgIpc) is 3.19. The molecule has 1 aromatic heterocycles. The second-order valence-corrected chi connectivity index (χ2v) is 7.59. The van der Waals surface area contributed by atoms with Crippen LogP contribution in [0.2, 0.25) is 0 Å². The van der Waals surface area contributed by atoms with Crippen molar-refractivity contribution in [2.75, 3.05) is 0 Å². The van der Waals surface area contributed by atoms with Crippen LogP contribution in [0.1, 0.15) is 65.9 Å². The highest BCUT2D eigenvalue weighted by Gasteiger charge is 2.23. The standard InChI is InChI=1S/C20H22N2.C5H12/c1-4-20(2,3)18-13-9-8-12-17(18)19-21-14-15-22(19)16-10-6-5-7-11-16;1-3-5-4-2/h5-15H,4H2,1-3H3;3-5H2,1-2H3. The summed E-state index contributed by atoms with van der Waals surface area (Å²) in [5, 5.41) is 0. The van der Waals surface area contributed by atoms with Crippen molar-refractivity contribution in [2.24, 2.45) is 0 Å². The smallest absolute Gasteiger partial charge is 0.144 e. The van der Waals surface area contributed by atoms with Crippen molar-refractivity contribution in [3.05, 3.63) is 72.6 Å². The van der Waals surface area contributed by atoms with Crippen molar-refractivity contribution in [1.82, 2.24) is 9.55 Å². The molecule has 2 nitrogen and oxygen atoms in total. The molecule has 0 aliphatic heterocycles. The lowest BCUT2D eigenvalue weighted by atomic mass is 9.79. The topological polar surface area (TPSA) is 17.8 Å². The molecule has 0 bridgehead atoms. The first kappa shape index (κ1) is 21.0. The Balaban J connectivity index is 0.000000465. The van der Waals surface area contributed by atoms with Crippen molar-refractivity contribution in [3.8, 4) is 17.1 Å². The first-order chi connectivity index (χ1) is 13.0. The lowest BCUT2D eigenvalue weighted by Gasteiger charge is -2.26. The molecule has 0 atom stereocenters. The summed E-state index contributed by atoms with van der Waals surface area (Å²) in [6.07, 6.45) is 9.07. The van der Waals surface area contributed by atoms with E-state index in [1.165, 1.54) is 30.4 Å². The van der Waals surface area contributed by atoms with E-state index in [0.717, 1.165) is 17.9 Å². The van der Waals surface area contributed by atoms with Gasteiger partial charge in [-0.2, -0.15) is 0 Å². The Kier molecular flexibility index (Phi) is 7.84. The molecule has 0 amide bonds. The second-order valence-electron chi connectivity index (χ2n) is 7.59. The molecular weight excluding hydrogens is 328 g/mol. The third-order valence-corrected chi connectivity index (χ3v) is 5.16. The van der Waals surface area contributed by atoms with Gasteiger partial charge in [0, 0.05) is 23.6 Å². The van der Waals surface area contributed by atoms with E-state index in [4.69, 9.17) is 0 Å². The molecule has 1 heterocycles. The van der Waals surface area contributed by atoms with Crippen molar-refractivity contribution in [2.45, 2.75) is 65.7 Å². The minimum Gasteiger partial charge on any atom is -0.300 e. The average molecular weight is 363 g/mol. The number of para-hydroxylation sites is 1. The highest BCUT2D eigenvalue weighted by atomic mass is 15.1. The fourth-order valence-electron chi connectivity index (χ4n) is 3.11. The van der Waals surface area contributed by atoms with Gasteiger partial charge in [0.05, 0.1) is 0 Å². The number of nitrogens with zero attached hydrogens (tertiary/aromatic N) is 2. The third kappa shape index (κ3) is 5.32. The third-order valence-electron chi connectivity index (χ3n) is 5.16. The SMILES string of the molecule is CCC(C)(C)c1ccccc1-c1nccn1-c1ccccc1.CCCCC. The Morgan fingerprint density at radius 2 is 1.48 bits per heavy atom. The van der Waals surface area contributed by atoms with E-state index < -0.39 is 0 Å². The lowest BCUT2D eigenvalue weighted by molar-refractivity contribution is 0.507. The van der Waals surface area contributed by atoms with Crippen LogP contribution in [0.4, 0.5) is 0 Å². The van der Waals surface area contributed by atoms with Crippen molar-refractivity contribution >= 4 is 0 Å². The van der Waals surface area contributed by atoms with Crippen LogP contribution in [-0.4, -0.2) is 9.55 Å². The van der Waals surface area contributed by atoms with Gasteiger partial charge < -0.3 is 0 Å². The second kappa shape index (κ2) is 10.1. The molecule has 0 unspecified atom stereocenters. The van der Waals surface area contributed by atoms with E-state index in [0.29, 0.717) is 0 Å². The predicted octanol–water partition coefficient (Wildman–Crippen LogP) is 7.42. The van der Waals surface area contributed by atoms with Gasteiger partial charge in [-0.05, 0) is 29.5 Å². The first-order valence-corrected chi connectivity index (χ1v) is 10.2. The Hall–Kier alpha value is -2.35. The molecule has 27 heavy (non-hydrogen) atoms. The number of rotatable bonds is 6. The van der Waals surface area contributed by atoms with Crippen LogP contribution in [0.3, 0.4) is 0 Å². The summed E-state index contributed by atoms with van der Waals surface area (Å²) in [5.41, 5.74) is 3.83. The van der Waals surface area contributed by atoms with E-state index in [-0.39, 0.29) is 5.41 Å². The van der Waals surface area contributed by atoms with Gasteiger partial charge in [-0.3, -0.25) is 4.57 Å². The van der Waals surface area contributed by atoms with Crippen LogP contribution in [-0.2, 0) is 5.41 Å². The fraction of sp³-hybridized carbons (Fsp3) is 0.400. The van der Waals surface area contributed by atoms with Crippen LogP contribution >= 0.6 is 0 Å². The molecule has 0 saturated carbocycles. The highest BCUT2D eigenvalue weighted by Crippen LogP contribution is 2.35. The molecular formula is C25H34N2.